The SMILES string of the molecule is C[C@@H](Cl)C(=O)Nc1ccc(S(=O)(=O)N(C)C)cc1. The maximum atomic E-state index is 11.8. The lowest BCUT2D eigenvalue weighted by molar-refractivity contribution is -0.115. The molecule has 100 valence electrons. The first-order chi connectivity index (χ1) is 8.25. The standard InChI is InChI=1S/C11H15ClN2O3S/c1-8(12)11(15)13-9-4-6-10(7-5-9)18(16,17)14(2)3/h4-8H,1-3H3,(H,13,15)/t8-/m1/s1. The summed E-state index contributed by atoms with van der Waals surface area (Å²) >= 11 is 5.61. The fraction of sp³-hybridized carbons (Fsp3) is 0.364. The van der Waals surface area contributed by atoms with Crippen molar-refractivity contribution in [2.45, 2.75) is 17.2 Å². The first-order valence-electron chi connectivity index (χ1n) is 5.22. The molecule has 0 radical (unpaired) electrons. The summed E-state index contributed by atoms with van der Waals surface area (Å²) in [5, 5.41) is 1.93. The molecule has 7 heteroatoms. The molecular weight excluding hydrogens is 276 g/mol. The van der Waals surface area contributed by atoms with E-state index in [1.165, 1.54) is 38.4 Å². The molecule has 1 amide bonds. The topological polar surface area (TPSA) is 66.5 Å². The van der Waals surface area contributed by atoms with Crippen LogP contribution in [0.2, 0.25) is 0 Å². The van der Waals surface area contributed by atoms with E-state index in [9.17, 15) is 13.2 Å². The van der Waals surface area contributed by atoms with Crippen molar-refractivity contribution in [3.63, 3.8) is 0 Å². The summed E-state index contributed by atoms with van der Waals surface area (Å²) in [6.45, 7) is 1.56. The van der Waals surface area contributed by atoms with Crippen molar-refractivity contribution in [3.8, 4) is 0 Å². The van der Waals surface area contributed by atoms with Crippen molar-refractivity contribution >= 4 is 33.2 Å². The van der Waals surface area contributed by atoms with Gasteiger partial charge in [-0.15, -0.1) is 11.6 Å². The molecule has 0 aliphatic heterocycles. The predicted molar refractivity (Wildman–Crippen MR) is 71.3 cm³/mol. The van der Waals surface area contributed by atoms with Crippen LogP contribution >= 0.6 is 11.6 Å². The molecule has 1 atom stereocenters. The van der Waals surface area contributed by atoms with Crippen molar-refractivity contribution in [2.24, 2.45) is 0 Å². The zero-order chi connectivity index (χ0) is 13.9. The second kappa shape index (κ2) is 5.69. The van der Waals surface area contributed by atoms with Gasteiger partial charge >= 0.3 is 0 Å². The van der Waals surface area contributed by atoms with Crippen LogP contribution in [0.1, 0.15) is 6.92 Å². The van der Waals surface area contributed by atoms with Gasteiger partial charge in [0, 0.05) is 19.8 Å². The number of carbonyl (C=O) groups excluding carboxylic acids is 1. The van der Waals surface area contributed by atoms with E-state index in [-0.39, 0.29) is 10.8 Å². The van der Waals surface area contributed by atoms with E-state index in [2.05, 4.69) is 5.32 Å². The minimum atomic E-state index is -3.44. The van der Waals surface area contributed by atoms with Crippen LogP contribution in [0.3, 0.4) is 0 Å². The maximum Gasteiger partial charge on any atom is 0.242 e. The molecule has 0 spiro atoms. The zero-order valence-electron chi connectivity index (χ0n) is 10.3. The second-order valence-corrected chi connectivity index (χ2v) is 6.72. The lowest BCUT2D eigenvalue weighted by Gasteiger charge is -2.12. The zero-order valence-corrected chi connectivity index (χ0v) is 11.9. The van der Waals surface area contributed by atoms with E-state index >= 15 is 0 Å². The van der Waals surface area contributed by atoms with Crippen LogP contribution in [0, 0.1) is 0 Å². The number of hydrogen-bond donors (Lipinski definition) is 1. The Kier molecular flexibility index (Phi) is 4.72. The van der Waals surface area contributed by atoms with E-state index in [1.54, 1.807) is 6.92 Å². The number of nitrogens with one attached hydrogen (secondary N) is 1. The summed E-state index contributed by atoms with van der Waals surface area (Å²) < 4.78 is 24.7. The molecule has 0 aliphatic rings. The highest BCUT2D eigenvalue weighted by molar-refractivity contribution is 7.89. The van der Waals surface area contributed by atoms with Crippen molar-refractivity contribution in [1.82, 2.24) is 4.31 Å². The Bertz CT molecular complexity index is 524. The van der Waals surface area contributed by atoms with Crippen molar-refractivity contribution in [3.05, 3.63) is 24.3 Å². The number of benzene rings is 1. The summed E-state index contributed by atoms with van der Waals surface area (Å²) in [4.78, 5) is 11.5. The highest BCUT2D eigenvalue weighted by atomic mass is 35.5. The van der Waals surface area contributed by atoms with Gasteiger partial charge in [-0.25, -0.2) is 12.7 Å². The molecule has 0 saturated heterocycles. The number of carbonyl (C=O) groups is 1. The van der Waals surface area contributed by atoms with Crippen LogP contribution < -0.4 is 5.32 Å². The van der Waals surface area contributed by atoms with E-state index in [1.807, 2.05) is 0 Å². The van der Waals surface area contributed by atoms with Crippen LogP contribution in [0.25, 0.3) is 0 Å². The molecule has 0 fully saturated rings. The summed E-state index contributed by atoms with van der Waals surface area (Å²) in [5.74, 6) is -0.333. The third-order valence-electron chi connectivity index (χ3n) is 2.26. The molecule has 0 heterocycles. The number of halogens is 1. The molecule has 0 aliphatic carbocycles. The van der Waals surface area contributed by atoms with Gasteiger partial charge in [0.25, 0.3) is 0 Å². The smallest absolute Gasteiger partial charge is 0.242 e. The van der Waals surface area contributed by atoms with Gasteiger partial charge in [0.15, 0.2) is 0 Å². The molecule has 1 N–H and O–H groups in total. The lowest BCUT2D eigenvalue weighted by atomic mass is 10.3. The van der Waals surface area contributed by atoms with E-state index < -0.39 is 15.4 Å². The normalized spacial score (nSPS) is 13.4. The average molecular weight is 291 g/mol. The molecule has 0 saturated carbocycles. The van der Waals surface area contributed by atoms with Crippen LogP contribution in [0.5, 0.6) is 0 Å². The lowest BCUT2D eigenvalue weighted by Crippen LogP contribution is -2.22. The van der Waals surface area contributed by atoms with E-state index in [0.29, 0.717) is 5.69 Å². The highest BCUT2D eigenvalue weighted by Gasteiger charge is 2.17. The van der Waals surface area contributed by atoms with Gasteiger partial charge in [0.2, 0.25) is 15.9 Å². The fourth-order valence-corrected chi connectivity index (χ4v) is 2.12. The third kappa shape index (κ3) is 3.44. The highest BCUT2D eigenvalue weighted by Crippen LogP contribution is 2.16. The number of sulfonamides is 1. The number of hydrogen-bond acceptors (Lipinski definition) is 3. The van der Waals surface area contributed by atoms with E-state index in [0.717, 1.165) is 4.31 Å². The van der Waals surface area contributed by atoms with Crippen LogP contribution in [-0.4, -0.2) is 38.1 Å². The van der Waals surface area contributed by atoms with Crippen molar-refractivity contribution in [2.75, 3.05) is 19.4 Å². The molecule has 1 rings (SSSR count). The summed E-state index contributed by atoms with van der Waals surface area (Å²) in [7, 11) is -0.527. The molecule has 5 nitrogen and oxygen atoms in total. The summed E-state index contributed by atoms with van der Waals surface area (Å²) in [6, 6.07) is 5.91. The van der Waals surface area contributed by atoms with Gasteiger partial charge in [-0.05, 0) is 31.2 Å². The largest absolute Gasteiger partial charge is 0.325 e. The van der Waals surface area contributed by atoms with Gasteiger partial charge < -0.3 is 5.32 Å². The van der Waals surface area contributed by atoms with Gasteiger partial charge in [-0.1, -0.05) is 0 Å². The number of amides is 1. The van der Waals surface area contributed by atoms with E-state index in [4.69, 9.17) is 11.6 Å². The van der Waals surface area contributed by atoms with Gasteiger partial charge in [-0.3, -0.25) is 4.79 Å². The Hall–Kier alpha value is -1.11. The van der Waals surface area contributed by atoms with Crippen molar-refractivity contribution in [1.29, 1.82) is 0 Å². The molecule has 0 unspecified atom stereocenters. The Morgan fingerprint density at radius 2 is 1.78 bits per heavy atom. The predicted octanol–water partition coefficient (Wildman–Crippen LogP) is 1.50. The average Bonchev–Trinajstić information content (AvgIpc) is 2.29. The molecule has 1 aromatic carbocycles. The molecule has 1 aromatic rings. The number of alkyl halides is 1. The number of nitrogens with zero attached hydrogens (tertiary/aromatic N) is 1. The molecule has 18 heavy (non-hydrogen) atoms. The molecular formula is C11H15ClN2O3S. The minimum Gasteiger partial charge on any atom is -0.325 e. The quantitative estimate of drug-likeness (QED) is 0.855. The van der Waals surface area contributed by atoms with Crippen LogP contribution in [-0.2, 0) is 14.8 Å². The second-order valence-electron chi connectivity index (χ2n) is 3.92. The number of rotatable bonds is 4. The summed E-state index contributed by atoms with van der Waals surface area (Å²) in [5.41, 5.74) is 0.505. The number of anilines is 1. The fourth-order valence-electron chi connectivity index (χ4n) is 1.16. The Balaban J connectivity index is 2.91. The monoisotopic (exact) mass is 290 g/mol. The Morgan fingerprint density at radius 1 is 1.28 bits per heavy atom. The third-order valence-corrected chi connectivity index (χ3v) is 4.29. The summed E-state index contributed by atoms with van der Waals surface area (Å²) in [6.07, 6.45) is 0. The van der Waals surface area contributed by atoms with Crippen molar-refractivity contribution < 1.29 is 13.2 Å². The van der Waals surface area contributed by atoms with Gasteiger partial charge in [0.05, 0.1) is 4.90 Å². The maximum absolute atomic E-state index is 11.8. The van der Waals surface area contributed by atoms with Crippen LogP contribution in [0.4, 0.5) is 5.69 Å². The molecule has 0 bridgehead atoms. The Labute approximate surface area is 112 Å². The van der Waals surface area contributed by atoms with Gasteiger partial charge in [0.1, 0.15) is 5.38 Å². The first-order valence-corrected chi connectivity index (χ1v) is 7.10. The van der Waals surface area contributed by atoms with Gasteiger partial charge in [-0.2, -0.15) is 0 Å². The molecule has 0 aromatic heterocycles. The van der Waals surface area contributed by atoms with Crippen LogP contribution in [0.15, 0.2) is 29.2 Å². The minimum absolute atomic E-state index is 0.171. The Morgan fingerprint density at radius 3 is 2.17 bits per heavy atom. The first kappa shape index (κ1) is 14.9.